The van der Waals surface area contributed by atoms with Gasteiger partial charge < -0.3 is 11.1 Å². The van der Waals surface area contributed by atoms with Gasteiger partial charge in [0.15, 0.2) is 5.82 Å². The number of hydrogen-bond donors (Lipinski definition) is 3. The van der Waals surface area contributed by atoms with Gasteiger partial charge >= 0.3 is 0 Å². The summed E-state index contributed by atoms with van der Waals surface area (Å²) >= 11 is 0. The first-order valence-electron chi connectivity index (χ1n) is 8.76. The largest absolute Gasteiger partial charge is 0.326 e. The number of anilines is 1. The Balaban J connectivity index is 0.00000225. The molecule has 0 atom stereocenters. The van der Waals surface area contributed by atoms with Crippen LogP contribution in [0.5, 0.6) is 0 Å². The van der Waals surface area contributed by atoms with Gasteiger partial charge in [0.25, 0.3) is 0 Å². The minimum Gasteiger partial charge on any atom is -0.326 e. The number of aromatic amines is 1. The average Bonchev–Trinajstić information content (AvgIpc) is 3.27. The topological polar surface area (TPSA) is 96.7 Å². The summed E-state index contributed by atoms with van der Waals surface area (Å²) in [5.41, 5.74) is 7.22. The molecule has 136 valence electrons. The summed E-state index contributed by atoms with van der Waals surface area (Å²) in [6, 6.07) is 7.56. The van der Waals surface area contributed by atoms with E-state index in [1.54, 1.807) is 0 Å². The molecule has 4 N–H and O–H groups in total. The first kappa shape index (κ1) is 19.4. The lowest BCUT2D eigenvalue weighted by molar-refractivity contribution is -0.116. The number of nitrogens with zero attached hydrogens (tertiary/aromatic N) is 2. The van der Waals surface area contributed by atoms with E-state index >= 15 is 0 Å². The molecule has 0 spiro atoms. The summed E-state index contributed by atoms with van der Waals surface area (Å²) in [5, 5.41) is 9.87. The minimum atomic E-state index is 0. The van der Waals surface area contributed by atoms with Gasteiger partial charge in [0, 0.05) is 17.7 Å². The fraction of sp³-hybridized carbons (Fsp3) is 0.500. The lowest BCUT2D eigenvalue weighted by atomic mass is 10.0. The van der Waals surface area contributed by atoms with Crippen LogP contribution < -0.4 is 11.1 Å². The van der Waals surface area contributed by atoms with Crippen LogP contribution in [-0.4, -0.2) is 21.1 Å². The van der Waals surface area contributed by atoms with E-state index in [9.17, 15) is 4.79 Å². The Morgan fingerprint density at radius 2 is 1.96 bits per heavy atom. The van der Waals surface area contributed by atoms with Gasteiger partial charge in [0.05, 0.1) is 6.54 Å². The van der Waals surface area contributed by atoms with Gasteiger partial charge in [-0.3, -0.25) is 9.89 Å². The number of nitrogens with one attached hydrogen (secondary N) is 2. The van der Waals surface area contributed by atoms with Crippen molar-refractivity contribution in [2.24, 2.45) is 11.7 Å². The molecular weight excluding hydrogens is 338 g/mol. The molecule has 7 heteroatoms. The second-order valence-electron chi connectivity index (χ2n) is 6.48. The molecule has 1 aliphatic carbocycles. The van der Waals surface area contributed by atoms with Crippen LogP contribution in [0, 0.1) is 5.92 Å². The van der Waals surface area contributed by atoms with Gasteiger partial charge in [-0.2, -0.15) is 5.10 Å². The van der Waals surface area contributed by atoms with E-state index in [1.807, 2.05) is 24.3 Å². The Hall–Kier alpha value is -1.92. The third kappa shape index (κ3) is 5.54. The molecule has 0 bridgehead atoms. The quantitative estimate of drug-likeness (QED) is 0.699. The normalized spacial score (nSPS) is 14.3. The van der Waals surface area contributed by atoms with Crippen LogP contribution >= 0.6 is 12.4 Å². The molecule has 2 aromatic rings. The minimum absolute atomic E-state index is 0. The van der Waals surface area contributed by atoms with Gasteiger partial charge in [-0.1, -0.05) is 25.7 Å². The van der Waals surface area contributed by atoms with E-state index in [0.29, 0.717) is 24.6 Å². The first-order chi connectivity index (χ1) is 11.7. The van der Waals surface area contributed by atoms with E-state index in [4.69, 9.17) is 5.73 Å². The highest BCUT2D eigenvalue weighted by Gasteiger charge is 2.15. The molecule has 3 rings (SSSR count). The summed E-state index contributed by atoms with van der Waals surface area (Å²) in [4.78, 5) is 16.3. The smallest absolute Gasteiger partial charge is 0.224 e. The number of nitrogens with two attached hydrogens (primary N) is 1. The van der Waals surface area contributed by atoms with Crippen molar-refractivity contribution in [2.45, 2.75) is 51.5 Å². The number of carbonyl (C=O) groups is 1. The van der Waals surface area contributed by atoms with Gasteiger partial charge in [-0.25, -0.2) is 4.98 Å². The summed E-state index contributed by atoms with van der Waals surface area (Å²) in [6.07, 6.45) is 8.17. The van der Waals surface area contributed by atoms with E-state index in [2.05, 4.69) is 20.5 Å². The third-order valence-electron chi connectivity index (χ3n) is 4.64. The molecule has 25 heavy (non-hydrogen) atoms. The number of amides is 1. The number of rotatable bonds is 7. The van der Waals surface area contributed by atoms with Gasteiger partial charge in [0.2, 0.25) is 5.91 Å². The second kappa shape index (κ2) is 9.53. The molecule has 0 aliphatic heterocycles. The predicted octanol–water partition coefficient (Wildman–Crippen LogP) is 3.65. The Labute approximate surface area is 154 Å². The van der Waals surface area contributed by atoms with E-state index < -0.39 is 0 Å². The van der Waals surface area contributed by atoms with Crippen LogP contribution in [-0.2, 0) is 11.3 Å². The molecule has 1 fully saturated rings. The molecule has 0 saturated heterocycles. The maximum absolute atomic E-state index is 12.0. The zero-order chi connectivity index (χ0) is 16.8. The zero-order valence-corrected chi connectivity index (χ0v) is 15.1. The summed E-state index contributed by atoms with van der Waals surface area (Å²) in [7, 11) is 0. The highest BCUT2D eigenvalue weighted by Crippen LogP contribution is 2.29. The molecule has 0 unspecified atom stereocenters. The van der Waals surface area contributed by atoms with Crippen molar-refractivity contribution in [2.75, 3.05) is 5.32 Å². The molecule has 1 amide bonds. The summed E-state index contributed by atoms with van der Waals surface area (Å²) in [6.45, 7) is 0.335. The van der Waals surface area contributed by atoms with Gasteiger partial charge in [0.1, 0.15) is 5.82 Å². The van der Waals surface area contributed by atoms with Gasteiger partial charge in [-0.15, -0.1) is 12.4 Å². The Kier molecular flexibility index (Phi) is 7.40. The molecule has 6 nitrogen and oxygen atoms in total. The summed E-state index contributed by atoms with van der Waals surface area (Å²) < 4.78 is 0. The van der Waals surface area contributed by atoms with Gasteiger partial charge in [-0.05, 0) is 43.0 Å². The van der Waals surface area contributed by atoms with Crippen LogP contribution in [0.4, 0.5) is 5.69 Å². The number of H-pyrrole nitrogens is 1. The molecule has 1 aromatic carbocycles. The van der Waals surface area contributed by atoms with Crippen molar-refractivity contribution in [1.82, 2.24) is 15.2 Å². The van der Waals surface area contributed by atoms with Crippen LogP contribution in [0.1, 0.15) is 50.8 Å². The lowest BCUT2D eigenvalue weighted by Crippen LogP contribution is -2.11. The Morgan fingerprint density at radius 1 is 1.24 bits per heavy atom. The molecule has 0 radical (unpaired) electrons. The predicted molar refractivity (Wildman–Crippen MR) is 101 cm³/mol. The van der Waals surface area contributed by atoms with Crippen LogP contribution in [0.2, 0.25) is 0 Å². The second-order valence-corrected chi connectivity index (χ2v) is 6.48. The maximum atomic E-state index is 12.0. The molecule has 1 aromatic heterocycles. The fourth-order valence-corrected chi connectivity index (χ4v) is 3.29. The number of halogens is 1. The van der Waals surface area contributed by atoms with Crippen molar-refractivity contribution in [1.29, 1.82) is 0 Å². The van der Waals surface area contributed by atoms with Crippen molar-refractivity contribution >= 4 is 24.0 Å². The highest BCUT2D eigenvalue weighted by atomic mass is 35.5. The van der Waals surface area contributed by atoms with E-state index in [1.165, 1.54) is 32.1 Å². The number of benzene rings is 1. The zero-order valence-electron chi connectivity index (χ0n) is 14.3. The Bertz CT molecular complexity index is 664. The van der Waals surface area contributed by atoms with Crippen LogP contribution in [0.3, 0.4) is 0 Å². The van der Waals surface area contributed by atoms with Crippen LogP contribution in [0.25, 0.3) is 11.4 Å². The summed E-state index contributed by atoms with van der Waals surface area (Å²) in [5.74, 6) is 2.20. The third-order valence-corrected chi connectivity index (χ3v) is 4.64. The van der Waals surface area contributed by atoms with Crippen molar-refractivity contribution in [3.63, 3.8) is 0 Å². The molecular formula is C18H26ClN5O. The fourth-order valence-electron chi connectivity index (χ4n) is 3.29. The number of aromatic nitrogens is 3. The number of hydrogen-bond acceptors (Lipinski definition) is 4. The molecule has 1 aliphatic rings. The highest BCUT2D eigenvalue weighted by molar-refractivity contribution is 5.90. The van der Waals surface area contributed by atoms with Crippen LogP contribution in [0.15, 0.2) is 24.3 Å². The van der Waals surface area contributed by atoms with Crippen molar-refractivity contribution < 1.29 is 4.79 Å². The van der Waals surface area contributed by atoms with Crippen molar-refractivity contribution in [3.8, 4) is 11.4 Å². The Morgan fingerprint density at radius 3 is 2.60 bits per heavy atom. The lowest BCUT2D eigenvalue weighted by Gasteiger charge is -2.09. The SMILES string of the molecule is Cl.NCc1nc(-c2ccc(NC(=O)CCCC3CCCC3)cc2)n[nH]1. The number of carbonyl (C=O) groups excluding carboxylic acids is 1. The van der Waals surface area contributed by atoms with Crippen molar-refractivity contribution in [3.05, 3.63) is 30.1 Å². The molecule has 1 saturated carbocycles. The van der Waals surface area contributed by atoms with E-state index in [0.717, 1.165) is 23.6 Å². The standard InChI is InChI=1S/C18H25N5O.ClH/c19-12-16-21-18(23-22-16)14-8-10-15(11-9-14)20-17(24)7-3-6-13-4-1-2-5-13;/h8-11,13H,1-7,12,19H2,(H,20,24)(H,21,22,23);1H. The maximum Gasteiger partial charge on any atom is 0.224 e. The average molecular weight is 364 g/mol. The van der Waals surface area contributed by atoms with E-state index in [-0.39, 0.29) is 18.3 Å². The monoisotopic (exact) mass is 363 g/mol. The molecule has 1 heterocycles. The first-order valence-corrected chi connectivity index (χ1v) is 8.76.